The van der Waals surface area contributed by atoms with Crippen LogP contribution in [0.1, 0.15) is 12.5 Å². The van der Waals surface area contributed by atoms with Crippen molar-refractivity contribution in [3.8, 4) is 5.75 Å². The maximum atomic E-state index is 5.80. The van der Waals surface area contributed by atoms with Gasteiger partial charge in [-0.2, -0.15) is 0 Å². The first-order valence-electron chi connectivity index (χ1n) is 8.20. The first-order chi connectivity index (χ1) is 11.6. The van der Waals surface area contributed by atoms with Crippen LogP contribution in [0.4, 0.5) is 0 Å². The van der Waals surface area contributed by atoms with Gasteiger partial charge in [0.15, 0.2) is 0 Å². The summed E-state index contributed by atoms with van der Waals surface area (Å²) < 4.78 is 8.06. The highest BCUT2D eigenvalue weighted by Gasteiger charge is 2.14. The maximum absolute atomic E-state index is 5.80. The van der Waals surface area contributed by atoms with Crippen LogP contribution >= 0.6 is 0 Å². The normalized spacial score (nSPS) is 13.0. The Labute approximate surface area is 140 Å². The zero-order valence-electron chi connectivity index (χ0n) is 14.2. The molecule has 0 unspecified atom stereocenters. The van der Waals surface area contributed by atoms with Crippen LogP contribution in [0.5, 0.6) is 5.75 Å². The zero-order valence-corrected chi connectivity index (χ0v) is 14.2. The minimum Gasteiger partial charge on any atom is -0.492 e. The molecule has 0 bridgehead atoms. The molecule has 0 saturated heterocycles. The summed E-state index contributed by atoms with van der Waals surface area (Å²) in [6.07, 6.45) is 3.78. The second-order valence-electron chi connectivity index (χ2n) is 6.52. The van der Waals surface area contributed by atoms with Crippen LogP contribution in [0.15, 0.2) is 42.7 Å². The van der Waals surface area contributed by atoms with Gasteiger partial charge in [0.1, 0.15) is 12.4 Å². The second-order valence-corrected chi connectivity index (χ2v) is 6.52. The molecule has 0 amide bonds. The quantitative estimate of drug-likeness (QED) is 0.623. The highest BCUT2D eigenvalue weighted by atomic mass is 16.5. The molecule has 0 aliphatic rings. The van der Waals surface area contributed by atoms with E-state index in [9.17, 15) is 0 Å². The number of hydrogen-bond donors (Lipinski definition) is 1. The minimum absolute atomic E-state index is 0.0190. The number of ether oxygens (including phenoxy) is 1. The predicted octanol–water partition coefficient (Wildman–Crippen LogP) is 3.91. The van der Waals surface area contributed by atoms with Gasteiger partial charge in [-0.05, 0) is 55.1 Å². The van der Waals surface area contributed by atoms with Gasteiger partial charge in [0, 0.05) is 47.2 Å². The highest BCUT2D eigenvalue weighted by molar-refractivity contribution is 6.14. The third-order valence-electron chi connectivity index (χ3n) is 4.63. The topological polar surface area (TPSA) is 53.1 Å². The van der Waals surface area contributed by atoms with Crippen LogP contribution in [-0.2, 0) is 7.05 Å². The standard InChI is InChI=1S/C20H21N3O/c1-12(21)11-24-15-4-5-19-17(9-15)18-8-14-10-22-7-6-16(14)13(2)20(18)23(19)3/h4-10,12H,11,21H2,1-3H3/t12-/m1/s1. The summed E-state index contributed by atoms with van der Waals surface area (Å²) in [5.74, 6) is 0.858. The molecule has 2 aromatic heterocycles. The number of aryl methyl sites for hydroxylation is 2. The van der Waals surface area contributed by atoms with Crippen LogP contribution < -0.4 is 10.5 Å². The molecule has 0 saturated carbocycles. The van der Waals surface area contributed by atoms with E-state index in [1.54, 1.807) is 0 Å². The van der Waals surface area contributed by atoms with Crippen molar-refractivity contribution < 1.29 is 4.74 Å². The van der Waals surface area contributed by atoms with Gasteiger partial charge in [-0.3, -0.25) is 4.98 Å². The summed E-state index contributed by atoms with van der Waals surface area (Å²) in [7, 11) is 2.12. The van der Waals surface area contributed by atoms with E-state index < -0.39 is 0 Å². The van der Waals surface area contributed by atoms with Crippen molar-refractivity contribution in [2.75, 3.05) is 6.61 Å². The Hall–Kier alpha value is -2.59. The van der Waals surface area contributed by atoms with Gasteiger partial charge in [0.2, 0.25) is 0 Å². The lowest BCUT2D eigenvalue weighted by Crippen LogP contribution is -2.23. The van der Waals surface area contributed by atoms with Crippen LogP contribution in [0, 0.1) is 6.92 Å². The highest BCUT2D eigenvalue weighted by Crippen LogP contribution is 2.36. The van der Waals surface area contributed by atoms with Gasteiger partial charge < -0.3 is 15.0 Å². The number of hydrogen-bond acceptors (Lipinski definition) is 3. The Balaban J connectivity index is 2.01. The number of benzene rings is 2. The molecule has 0 aliphatic carbocycles. The van der Waals surface area contributed by atoms with Crippen molar-refractivity contribution in [1.29, 1.82) is 0 Å². The van der Waals surface area contributed by atoms with Gasteiger partial charge in [0.25, 0.3) is 0 Å². The SMILES string of the molecule is Cc1c2ccncc2cc2c3cc(OC[C@@H](C)N)ccc3n(C)c12. The molecular formula is C20H21N3O. The zero-order chi connectivity index (χ0) is 16.8. The molecule has 4 nitrogen and oxygen atoms in total. The molecule has 24 heavy (non-hydrogen) atoms. The molecule has 122 valence electrons. The molecule has 0 fully saturated rings. The van der Waals surface area contributed by atoms with Gasteiger partial charge >= 0.3 is 0 Å². The first kappa shape index (κ1) is 15.0. The summed E-state index contributed by atoms with van der Waals surface area (Å²) >= 11 is 0. The van der Waals surface area contributed by atoms with Crippen LogP contribution in [-0.4, -0.2) is 22.2 Å². The van der Waals surface area contributed by atoms with Gasteiger partial charge in [-0.25, -0.2) is 0 Å². The van der Waals surface area contributed by atoms with Crippen molar-refractivity contribution in [3.05, 3.63) is 48.3 Å². The van der Waals surface area contributed by atoms with E-state index in [4.69, 9.17) is 10.5 Å². The number of rotatable bonds is 3. The maximum Gasteiger partial charge on any atom is 0.120 e. The Bertz CT molecular complexity index is 1060. The molecule has 1 atom stereocenters. The van der Waals surface area contributed by atoms with E-state index in [0.29, 0.717) is 6.61 Å². The Morgan fingerprint density at radius 3 is 2.79 bits per heavy atom. The molecule has 2 N–H and O–H groups in total. The molecule has 4 aromatic rings. The average molecular weight is 319 g/mol. The van der Waals surface area contributed by atoms with Crippen molar-refractivity contribution in [1.82, 2.24) is 9.55 Å². The largest absolute Gasteiger partial charge is 0.492 e. The van der Waals surface area contributed by atoms with E-state index in [0.717, 1.165) is 11.1 Å². The van der Waals surface area contributed by atoms with Crippen molar-refractivity contribution >= 4 is 32.6 Å². The minimum atomic E-state index is 0.0190. The van der Waals surface area contributed by atoms with E-state index in [-0.39, 0.29) is 6.04 Å². The van der Waals surface area contributed by atoms with E-state index in [1.165, 1.54) is 32.8 Å². The number of pyridine rings is 1. The third kappa shape index (κ3) is 2.22. The smallest absolute Gasteiger partial charge is 0.120 e. The predicted molar refractivity (Wildman–Crippen MR) is 99.6 cm³/mol. The molecule has 2 aromatic carbocycles. The summed E-state index contributed by atoms with van der Waals surface area (Å²) in [5, 5.41) is 4.84. The van der Waals surface area contributed by atoms with Crippen molar-refractivity contribution in [3.63, 3.8) is 0 Å². The monoisotopic (exact) mass is 319 g/mol. The molecular weight excluding hydrogens is 298 g/mol. The fourth-order valence-electron chi connectivity index (χ4n) is 3.52. The number of fused-ring (bicyclic) bond motifs is 4. The molecule has 4 rings (SSSR count). The van der Waals surface area contributed by atoms with E-state index in [1.807, 2.05) is 25.4 Å². The molecule has 0 spiro atoms. The Morgan fingerprint density at radius 2 is 2.00 bits per heavy atom. The van der Waals surface area contributed by atoms with Crippen molar-refractivity contribution in [2.45, 2.75) is 19.9 Å². The van der Waals surface area contributed by atoms with Crippen LogP contribution in [0.25, 0.3) is 32.6 Å². The molecule has 0 aliphatic heterocycles. The number of aromatic nitrogens is 2. The van der Waals surface area contributed by atoms with E-state index in [2.05, 4.69) is 47.8 Å². The summed E-state index contributed by atoms with van der Waals surface area (Å²) in [6.45, 7) is 4.64. The number of nitrogens with zero attached hydrogens (tertiary/aromatic N) is 2. The Morgan fingerprint density at radius 1 is 1.17 bits per heavy atom. The second kappa shape index (κ2) is 5.49. The van der Waals surface area contributed by atoms with Crippen LogP contribution in [0.2, 0.25) is 0 Å². The van der Waals surface area contributed by atoms with Gasteiger partial charge in [0.05, 0.1) is 5.52 Å². The molecule has 0 radical (unpaired) electrons. The summed E-state index contributed by atoms with van der Waals surface area (Å²) in [6, 6.07) is 10.6. The molecule has 4 heteroatoms. The first-order valence-corrected chi connectivity index (χ1v) is 8.20. The Kier molecular flexibility index (Phi) is 3.43. The fourth-order valence-corrected chi connectivity index (χ4v) is 3.52. The van der Waals surface area contributed by atoms with Crippen molar-refractivity contribution in [2.24, 2.45) is 12.8 Å². The lowest BCUT2D eigenvalue weighted by atomic mass is 10.0. The lowest BCUT2D eigenvalue weighted by Gasteiger charge is -2.08. The summed E-state index contributed by atoms with van der Waals surface area (Å²) in [5.41, 5.74) is 9.53. The molecule has 2 heterocycles. The lowest BCUT2D eigenvalue weighted by molar-refractivity contribution is 0.296. The van der Waals surface area contributed by atoms with Gasteiger partial charge in [-0.1, -0.05) is 0 Å². The average Bonchev–Trinajstić information content (AvgIpc) is 2.86. The van der Waals surface area contributed by atoms with Gasteiger partial charge in [-0.15, -0.1) is 0 Å². The van der Waals surface area contributed by atoms with E-state index >= 15 is 0 Å². The number of nitrogens with two attached hydrogens (primary N) is 1. The fraction of sp³-hybridized carbons (Fsp3) is 0.250. The third-order valence-corrected chi connectivity index (χ3v) is 4.63. The van der Waals surface area contributed by atoms with Crippen LogP contribution in [0.3, 0.4) is 0 Å². The summed E-state index contributed by atoms with van der Waals surface area (Å²) in [4.78, 5) is 4.27.